The van der Waals surface area contributed by atoms with Gasteiger partial charge in [0, 0.05) is 88.5 Å². The Morgan fingerprint density at radius 2 is 1.69 bits per heavy atom. The first kappa shape index (κ1) is 44.8. The summed E-state index contributed by atoms with van der Waals surface area (Å²) in [6, 6.07) is 12.9. The van der Waals surface area contributed by atoms with Gasteiger partial charge in [-0.15, -0.1) is 0 Å². The van der Waals surface area contributed by atoms with Crippen molar-refractivity contribution >= 4 is 58.2 Å². The lowest BCUT2D eigenvalue weighted by atomic mass is 9.90. The predicted molar refractivity (Wildman–Crippen MR) is 266 cm³/mol. The minimum Gasteiger partial charge on any atom is -0.488 e. The zero-order valence-electron chi connectivity index (χ0n) is 40.7. The molecule has 0 radical (unpaired) electrons. The lowest BCUT2D eigenvalue weighted by molar-refractivity contribution is -0.136. The molecule has 0 saturated carbocycles. The number of carbonyl (C=O) groups is 5. The van der Waals surface area contributed by atoms with Gasteiger partial charge >= 0.3 is 0 Å². The van der Waals surface area contributed by atoms with Crippen molar-refractivity contribution in [2.45, 2.75) is 96.9 Å². The van der Waals surface area contributed by atoms with Gasteiger partial charge in [-0.25, -0.2) is 9.97 Å². The van der Waals surface area contributed by atoms with Gasteiger partial charge in [0.15, 0.2) is 5.75 Å². The molecule has 3 saturated heterocycles. The molecular weight excluding hydrogens is 903 g/mol. The highest BCUT2D eigenvalue weighted by Gasteiger charge is 2.49. The number of imide groups is 2. The molecule has 6 aliphatic heterocycles. The minimum absolute atomic E-state index is 0.0386. The number of ether oxygens (including phenoxy) is 1. The molecule has 5 amide bonds. The van der Waals surface area contributed by atoms with E-state index in [0.29, 0.717) is 42.3 Å². The zero-order valence-corrected chi connectivity index (χ0v) is 40.7. The Hall–Kier alpha value is -7.34. The van der Waals surface area contributed by atoms with Crippen molar-refractivity contribution in [3.63, 3.8) is 0 Å². The molecule has 5 aromatic rings. The predicted octanol–water partition coefficient (Wildman–Crippen LogP) is 4.82. The lowest BCUT2D eigenvalue weighted by Gasteiger charge is -2.50. The first-order valence-electron chi connectivity index (χ1n) is 24.8. The molecule has 0 spiro atoms. The second-order valence-electron chi connectivity index (χ2n) is 21.2. The van der Waals surface area contributed by atoms with Crippen molar-refractivity contribution in [2.75, 3.05) is 59.3 Å². The molecule has 12 rings (SSSR count). The molecule has 0 bridgehead atoms. The highest BCUT2D eigenvalue weighted by molar-refractivity contribution is 6.25. The van der Waals surface area contributed by atoms with Crippen LogP contribution in [0.1, 0.15) is 94.5 Å². The normalized spacial score (nSPS) is 23.8. The second kappa shape index (κ2) is 16.6. The Morgan fingerprint density at radius 3 is 2.48 bits per heavy atom. The van der Waals surface area contributed by atoms with Crippen LogP contribution in [0.4, 0.5) is 28.7 Å². The number of nitrogens with one attached hydrogen (secondary N) is 2. The number of benzene rings is 1. The number of amides is 5. The van der Waals surface area contributed by atoms with E-state index in [0.717, 1.165) is 97.1 Å². The monoisotopic (exact) mass is 959 g/mol. The van der Waals surface area contributed by atoms with E-state index in [1.807, 2.05) is 49.6 Å². The number of aryl methyl sites for hydroxylation is 1. The summed E-state index contributed by atoms with van der Waals surface area (Å²) >= 11 is 0. The Balaban J connectivity index is 0.687. The number of hydrogen-bond acceptors (Lipinski definition) is 13. The van der Waals surface area contributed by atoms with E-state index in [2.05, 4.69) is 56.7 Å². The number of aromatic nitrogens is 4. The largest absolute Gasteiger partial charge is 0.488 e. The molecular formula is C53H57N11O7. The molecule has 3 fully saturated rings. The van der Waals surface area contributed by atoms with Crippen LogP contribution >= 0.6 is 0 Å². The molecule has 18 heteroatoms. The van der Waals surface area contributed by atoms with E-state index in [9.17, 15) is 28.8 Å². The van der Waals surface area contributed by atoms with Crippen molar-refractivity contribution < 1.29 is 28.7 Å². The summed E-state index contributed by atoms with van der Waals surface area (Å²) in [7, 11) is 1.74. The average molecular weight is 960 g/mol. The molecule has 2 N–H and O–H groups in total. The highest BCUT2D eigenvalue weighted by atomic mass is 16.5. The van der Waals surface area contributed by atoms with E-state index in [-0.39, 0.29) is 52.9 Å². The van der Waals surface area contributed by atoms with E-state index < -0.39 is 29.7 Å². The number of piperidine rings is 2. The van der Waals surface area contributed by atoms with Crippen LogP contribution in [0.15, 0.2) is 65.8 Å². The molecule has 4 aromatic heterocycles. The van der Waals surface area contributed by atoms with Crippen molar-refractivity contribution in [3.8, 4) is 16.9 Å². The van der Waals surface area contributed by atoms with Crippen LogP contribution in [0.3, 0.4) is 0 Å². The maximum absolute atomic E-state index is 14.0. The third kappa shape index (κ3) is 7.39. The zero-order chi connectivity index (χ0) is 49.2. The Labute approximate surface area is 410 Å². The molecule has 4 atom stereocenters. The van der Waals surface area contributed by atoms with Crippen LogP contribution in [-0.2, 0) is 36.0 Å². The average Bonchev–Trinajstić information content (AvgIpc) is 3.94. The summed E-state index contributed by atoms with van der Waals surface area (Å²) in [5, 5.41) is 5.55. The van der Waals surface area contributed by atoms with Gasteiger partial charge in [0.05, 0.1) is 34.7 Å². The maximum atomic E-state index is 14.0. The van der Waals surface area contributed by atoms with E-state index in [1.165, 1.54) is 11.3 Å². The molecule has 7 aliphatic rings. The smallest absolute Gasteiger partial charge is 0.276 e. The first-order chi connectivity index (χ1) is 34.1. The number of fused-ring (bicyclic) bond motifs is 8. The molecule has 71 heavy (non-hydrogen) atoms. The molecule has 366 valence electrons. The Bertz CT molecular complexity index is 3180. The molecule has 3 unspecified atom stereocenters. The fourth-order valence-electron chi connectivity index (χ4n) is 12.5. The van der Waals surface area contributed by atoms with E-state index >= 15 is 0 Å². The van der Waals surface area contributed by atoms with Gasteiger partial charge in [-0.05, 0) is 111 Å². The van der Waals surface area contributed by atoms with Crippen LogP contribution in [0, 0.1) is 12.3 Å². The van der Waals surface area contributed by atoms with Gasteiger partial charge in [-0.2, -0.15) is 0 Å². The number of nitrogens with zero attached hydrogens (tertiary/aromatic N) is 9. The van der Waals surface area contributed by atoms with Crippen LogP contribution in [0.5, 0.6) is 5.75 Å². The summed E-state index contributed by atoms with van der Waals surface area (Å²) < 4.78 is 10.1. The van der Waals surface area contributed by atoms with E-state index in [1.54, 1.807) is 28.8 Å². The number of hydrogen-bond donors (Lipinski definition) is 2. The van der Waals surface area contributed by atoms with Gasteiger partial charge in [0.25, 0.3) is 23.3 Å². The second-order valence-corrected chi connectivity index (χ2v) is 21.2. The Morgan fingerprint density at radius 1 is 0.845 bits per heavy atom. The summed E-state index contributed by atoms with van der Waals surface area (Å²) in [4.78, 5) is 98.7. The summed E-state index contributed by atoms with van der Waals surface area (Å²) in [5.41, 5.74) is 8.45. The van der Waals surface area contributed by atoms with Crippen molar-refractivity contribution in [3.05, 3.63) is 105 Å². The van der Waals surface area contributed by atoms with Gasteiger partial charge in [-0.1, -0.05) is 13.8 Å². The third-order valence-corrected chi connectivity index (χ3v) is 16.0. The summed E-state index contributed by atoms with van der Waals surface area (Å²) in [5.74, 6) is -0.621. The van der Waals surface area contributed by atoms with Gasteiger partial charge in [0.2, 0.25) is 11.8 Å². The molecule has 18 nitrogen and oxygen atoms in total. The quantitative estimate of drug-likeness (QED) is 0.212. The van der Waals surface area contributed by atoms with Crippen molar-refractivity contribution in [1.82, 2.24) is 34.2 Å². The fraction of sp³-hybridized carbons (Fsp3) is 0.434. The summed E-state index contributed by atoms with van der Waals surface area (Å²) in [6.45, 7) is 13.7. The number of carbonyl (C=O) groups excluding carboxylic acids is 5. The molecule has 1 aromatic carbocycles. The SMILES string of the molecule is Cc1c(-c2cc(Nc3ccc(N4CCN(C5CCN6c7ccc8c(c7OCC6C5)C(=O)N(C5CCC(=O)NC5=O)C8=O)C[C@@H]4C)cn3)c(=O)n(C)c2)ccnc1N1CCn2c(cc3c2CC(C)(C)C3)C1=O. The fourth-order valence-corrected chi connectivity index (χ4v) is 12.5. The van der Waals surface area contributed by atoms with E-state index in [4.69, 9.17) is 14.7 Å². The first-order valence-corrected chi connectivity index (χ1v) is 24.8. The number of pyridine rings is 3. The maximum Gasteiger partial charge on any atom is 0.276 e. The molecule has 1 aliphatic carbocycles. The van der Waals surface area contributed by atoms with Gasteiger partial charge in [0.1, 0.15) is 35.7 Å². The standard InChI is InChI=1S/C53H57N11O7/c1-29-26-59(33-13-15-61-35(22-33)28-71-46-39(61)8-7-37-45(46)52(70)64(49(37)67)40-9-11-44(65)57-48(40)66)16-17-60(29)34-6-10-43(55-25-34)56-38-20-32(27-58(5)50(38)68)36-12-14-54-47(30(36)2)63-19-18-62-41(51(63)69)21-31-23-53(3,4)24-42(31)62/h6-8,10,12,14,20-21,25,27,29,33,35,40H,9,11,13,15-19,22-24,26,28H2,1-5H3,(H,55,56)(H,57,65,66)/t29-,33?,35?,40?/m0/s1. The number of piperazine rings is 1. The highest BCUT2D eigenvalue weighted by Crippen LogP contribution is 2.46. The van der Waals surface area contributed by atoms with Crippen LogP contribution in [0.2, 0.25) is 0 Å². The van der Waals surface area contributed by atoms with Crippen LogP contribution in [-0.4, -0.2) is 122 Å². The topological polar surface area (TPSA) is 188 Å². The van der Waals surface area contributed by atoms with Crippen molar-refractivity contribution in [1.29, 1.82) is 0 Å². The van der Waals surface area contributed by atoms with Gasteiger partial charge in [-0.3, -0.25) is 48.8 Å². The molecule has 10 heterocycles. The minimum atomic E-state index is -1.03. The third-order valence-electron chi connectivity index (χ3n) is 16.0. The summed E-state index contributed by atoms with van der Waals surface area (Å²) in [6.07, 6.45) is 9.32. The Kier molecular flexibility index (Phi) is 10.5. The van der Waals surface area contributed by atoms with Crippen LogP contribution < -0.4 is 35.6 Å². The van der Waals surface area contributed by atoms with Crippen LogP contribution in [0.25, 0.3) is 11.1 Å². The van der Waals surface area contributed by atoms with Gasteiger partial charge < -0.3 is 29.0 Å². The lowest BCUT2D eigenvalue weighted by Crippen LogP contribution is -2.59. The number of rotatable bonds is 7. The number of anilines is 5. The van der Waals surface area contributed by atoms with Crippen molar-refractivity contribution in [2.24, 2.45) is 12.5 Å².